The van der Waals surface area contributed by atoms with Crippen LogP contribution in [0.1, 0.15) is 52.5 Å². The molecule has 2 aliphatic rings. The third-order valence-electron chi connectivity index (χ3n) is 5.76. The van der Waals surface area contributed by atoms with Crippen LogP contribution in [-0.2, 0) is 19.7 Å². The lowest BCUT2D eigenvalue weighted by Crippen LogP contribution is -2.51. The summed E-state index contributed by atoms with van der Waals surface area (Å²) in [6.45, 7) is 9.58. The van der Waals surface area contributed by atoms with E-state index < -0.39 is 5.60 Å². The van der Waals surface area contributed by atoms with E-state index in [0.717, 1.165) is 12.8 Å². The van der Waals surface area contributed by atoms with E-state index in [1.165, 1.54) is 17.3 Å². The van der Waals surface area contributed by atoms with Crippen molar-refractivity contribution in [1.82, 2.24) is 9.80 Å². The molecule has 164 valence electrons. The zero-order chi connectivity index (χ0) is 21.9. The highest BCUT2D eigenvalue weighted by atomic mass is 32.2. The second-order valence-corrected chi connectivity index (χ2v) is 10.8. The summed E-state index contributed by atoms with van der Waals surface area (Å²) in [6.07, 6.45) is 1.67. The van der Waals surface area contributed by atoms with Crippen LogP contribution in [0.2, 0.25) is 0 Å². The van der Waals surface area contributed by atoms with E-state index in [1.54, 1.807) is 11.8 Å². The smallest absolute Gasteiger partial charge is 0.410 e. The number of carbonyl (C=O) groups is 3. The second kappa shape index (κ2) is 9.00. The molecule has 0 spiro atoms. The molecule has 0 radical (unpaired) electrons. The molecule has 0 bridgehead atoms. The SMILES string of the molecule is CC(=O)SC1CC(=O)N(CC2(c3ccccc3)CCN(C(=O)OC(C)(C)C)CC2)C1. The molecule has 0 saturated carbocycles. The quantitative estimate of drug-likeness (QED) is 0.723. The summed E-state index contributed by atoms with van der Waals surface area (Å²) in [7, 11) is 0. The Morgan fingerprint density at radius 2 is 1.80 bits per heavy atom. The van der Waals surface area contributed by atoms with E-state index in [9.17, 15) is 14.4 Å². The fraction of sp³-hybridized carbons (Fsp3) is 0.609. The number of ether oxygens (including phenoxy) is 1. The molecule has 7 heteroatoms. The number of carbonyl (C=O) groups excluding carboxylic acids is 3. The molecule has 1 aromatic rings. The van der Waals surface area contributed by atoms with Crippen molar-refractivity contribution in [3.8, 4) is 0 Å². The summed E-state index contributed by atoms with van der Waals surface area (Å²) >= 11 is 1.27. The first kappa shape index (κ1) is 22.7. The first-order valence-corrected chi connectivity index (χ1v) is 11.4. The zero-order valence-corrected chi connectivity index (χ0v) is 19.2. The third-order valence-corrected chi connectivity index (χ3v) is 6.74. The number of thioether (sulfide) groups is 1. The minimum Gasteiger partial charge on any atom is -0.444 e. The molecular formula is C23H32N2O4S. The number of likely N-dealkylation sites (tertiary alicyclic amines) is 2. The normalized spacial score (nSPS) is 21.6. The second-order valence-electron chi connectivity index (χ2n) is 9.32. The molecule has 2 amide bonds. The van der Waals surface area contributed by atoms with E-state index in [4.69, 9.17) is 4.74 Å². The zero-order valence-electron chi connectivity index (χ0n) is 18.3. The summed E-state index contributed by atoms with van der Waals surface area (Å²) < 4.78 is 5.54. The Kier molecular flexibility index (Phi) is 6.80. The van der Waals surface area contributed by atoms with Gasteiger partial charge in [0.2, 0.25) is 5.91 Å². The van der Waals surface area contributed by atoms with E-state index in [1.807, 2.05) is 43.9 Å². The molecule has 30 heavy (non-hydrogen) atoms. The maximum absolute atomic E-state index is 12.7. The van der Waals surface area contributed by atoms with Gasteiger partial charge in [-0.05, 0) is 39.2 Å². The van der Waals surface area contributed by atoms with Crippen LogP contribution in [0.3, 0.4) is 0 Å². The Morgan fingerprint density at radius 3 is 2.37 bits per heavy atom. The van der Waals surface area contributed by atoms with Crippen LogP contribution in [0.25, 0.3) is 0 Å². The fourth-order valence-electron chi connectivity index (χ4n) is 4.34. The van der Waals surface area contributed by atoms with Crippen molar-refractivity contribution in [3.05, 3.63) is 35.9 Å². The Hall–Kier alpha value is -2.02. The van der Waals surface area contributed by atoms with Crippen LogP contribution in [0.4, 0.5) is 4.79 Å². The molecule has 2 fully saturated rings. The number of rotatable bonds is 4. The molecule has 2 aliphatic heterocycles. The number of benzene rings is 1. The van der Waals surface area contributed by atoms with Gasteiger partial charge in [0.1, 0.15) is 5.60 Å². The van der Waals surface area contributed by atoms with E-state index >= 15 is 0 Å². The lowest BCUT2D eigenvalue weighted by molar-refractivity contribution is -0.128. The largest absolute Gasteiger partial charge is 0.444 e. The summed E-state index contributed by atoms with van der Waals surface area (Å²) in [4.78, 5) is 40.3. The van der Waals surface area contributed by atoms with E-state index in [0.29, 0.717) is 32.6 Å². The topological polar surface area (TPSA) is 66.9 Å². The first-order valence-electron chi connectivity index (χ1n) is 10.6. The van der Waals surface area contributed by atoms with E-state index in [-0.39, 0.29) is 27.8 Å². The predicted octanol–water partition coefficient (Wildman–Crippen LogP) is 3.84. The van der Waals surface area contributed by atoms with Gasteiger partial charge in [0.15, 0.2) is 5.12 Å². The van der Waals surface area contributed by atoms with Crippen molar-refractivity contribution in [1.29, 1.82) is 0 Å². The van der Waals surface area contributed by atoms with Gasteiger partial charge in [-0.1, -0.05) is 42.1 Å². The fourth-order valence-corrected chi connectivity index (χ4v) is 5.29. The third kappa shape index (κ3) is 5.56. The number of piperidine rings is 1. The van der Waals surface area contributed by atoms with Crippen molar-refractivity contribution >= 4 is 28.9 Å². The molecule has 2 heterocycles. The minimum absolute atomic E-state index is 0.0321. The molecule has 6 nitrogen and oxygen atoms in total. The maximum Gasteiger partial charge on any atom is 0.410 e. The number of amides is 2. The first-order chi connectivity index (χ1) is 14.1. The summed E-state index contributed by atoms with van der Waals surface area (Å²) in [6, 6.07) is 10.3. The van der Waals surface area contributed by atoms with Crippen LogP contribution in [0.5, 0.6) is 0 Å². The average Bonchev–Trinajstić information content (AvgIpc) is 2.99. The Bertz CT molecular complexity index is 782. The summed E-state index contributed by atoms with van der Waals surface area (Å²) in [5.41, 5.74) is 0.478. The molecule has 0 N–H and O–H groups in total. The van der Waals surface area contributed by atoms with Gasteiger partial charge in [-0.15, -0.1) is 0 Å². The number of hydrogen-bond acceptors (Lipinski definition) is 5. The Morgan fingerprint density at radius 1 is 1.17 bits per heavy atom. The highest BCUT2D eigenvalue weighted by molar-refractivity contribution is 8.14. The standard InChI is InChI=1S/C23H32N2O4S/c1-17(26)30-19-14-20(27)25(15-19)16-23(18-8-6-5-7-9-18)10-12-24(13-11-23)21(28)29-22(2,3)4/h5-9,19H,10-16H2,1-4H3. The van der Waals surface area contributed by atoms with Crippen LogP contribution < -0.4 is 0 Å². The van der Waals surface area contributed by atoms with Crippen LogP contribution in [-0.4, -0.2) is 63.9 Å². The highest BCUT2D eigenvalue weighted by Crippen LogP contribution is 2.38. The van der Waals surface area contributed by atoms with Crippen molar-refractivity contribution in [2.45, 2.75) is 63.2 Å². The molecular weight excluding hydrogens is 400 g/mol. The molecule has 2 saturated heterocycles. The molecule has 1 aromatic carbocycles. The average molecular weight is 433 g/mol. The van der Waals surface area contributed by atoms with Gasteiger partial charge in [0, 0.05) is 50.2 Å². The van der Waals surface area contributed by atoms with Gasteiger partial charge in [-0.25, -0.2) is 4.79 Å². The van der Waals surface area contributed by atoms with Gasteiger partial charge in [0.05, 0.1) is 0 Å². The van der Waals surface area contributed by atoms with Crippen LogP contribution in [0.15, 0.2) is 30.3 Å². The van der Waals surface area contributed by atoms with Gasteiger partial charge < -0.3 is 14.5 Å². The minimum atomic E-state index is -0.517. The lowest BCUT2D eigenvalue weighted by Gasteiger charge is -2.44. The predicted molar refractivity (Wildman–Crippen MR) is 118 cm³/mol. The highest BCUT2D eigenvalue weighted by Gasteiger charge is 2.42. The van der Waals surface area contributed by atoms with Gasteiger partial charge in [-0.3, -0.25) is 9.59 Å². The van der Waals surface area contributed by atoms with Crippen molar-refractivity contribution in [2.24, 2.45) is 0 Å². The number of nitrogens with zero attached hydrogens (tertiary/aromatic N) is 2. The summed E-state index contributed by atoms with van der Waals surface area (Å²) in [5.74, 6) is 0.110. The monoisotopic (exact) mass is 432 g/mol. The summed E-state index contributed by atoms with van der Waals surface area (Å²) in [5, 5.41) is 0.0859. The molecule has 3 rings (SSSR count). The maximum atomic E-state index is 12.7. The van der Waals surface area contributed by atoms with Crippen LogP contribution >= 0.6 is 11.8 Å². The van der Waals surface area contributed by atoms with Gasteiger partial charge in [-0.2, -0.15) is 0 Å². The van der Waals surface area contributed by atoms with Crippen molar-refractivity contribution < 1.29 is 19.1 Å². The van der Waals surface area contributed by atoms with Gasteiger partial charge in [0.25, 0.3) is 0 Å². The van der Waals surface area contributed by atoms with Crippen molar-refractivity contribution in [3.63, 3.8) is 0 Å². The van der Waals surface area contributed by atoms with Gasteiger partial charge >= 0.3 is 6.09 Å². The van der Waals surface area contributed by atoms with Crippen LogP contribution in [0, 0.1) is 0 Å². The number of hydrogen-bond donors (Lipinski definition) is 0. The van der Waals surface area contributed by atoms with Crippen molar-refractivity contribution in [2.75, 3.05) is 26.2 Å². The molecule has 0 aromatic heterocycles. The van der Waals surface area contributed by atoms with E-state index in [2.05, 4.69) is 12.1 Å². The lowest BCUT2D eigenvalue weighted by atomic mass is 9.72. The molecule has 1 unspecified atom stereocenters. The Balaban J connectivity index is 1.74. The molecule has 0 aliphatic carbocycles. The molecule has 1 atom stereocenters. The Labute approximate surface area is 183 Å².